The number of benzene rings is 1. The van der Waals surface area contributed by atoms with Gasteiger partial charge in [0.25, 0.3) is 0 Å². The summed E-state index contributed by atoms with van der Waals surface area (Å²) in [6.45, 7) is 4.91. The van der Waals surface area contributed by atoms with Crippen LogP contribution in [0.1, 0.15) is 19.3 Å². The molecule has 1 atom stereocenters. The fraction of sp³-hybridized carbons (Fsp3) is 0.529. The Hall–Kier alpha value is -1.95. The number of hydrogen-bond acceptors (Lipinski definition) is 4. The first-order valence-corrected chi connectivity index (χ1v) is 8.23. The molecule has 0 aliphatic carbocycles. The minimum Gasteiger partial charge on any atom is -0.494 e. The van der Waals surface area contributed by atoms with Gasteiger partial charge in [-0.05, 0) is 56.0 Å². The minimum atomic E-state index is -0.232. The Balaban J connectivity index is 1.35. The van der Waals surface area contributed by atoms with Crippen molar-refractivity contribution >= 4 is 0 Å². The summed E-state index contributed by atoms with van der Waals surface area (Å²) >= 11 is 0. The average molecular weight is 318 g/mol. The summed E-state index contributed by atoms with van der Waals surface area (Å²) in [5.74, 6) is 1.14. The highest BCUT2D eigenvalue weighted by Gasteiger charge is 2.20. The molecule has 23 heavy (non-hydrogen) atoms. The molecule has 1 aromatic heterocycles. The Labute approximate surface area is 136 Å². The predicted molar refractivity (Wildman–Crippen MR) is 85.7 cm³/mol. The molecule has 1 fully saturated rings. The van der Waals surface area contributed by atoms with Crippen LogP contribution in [0.5, 0.6) is 5.75 Å². The maximum absolute atomic E-state index is 12.8. The van der Waals surface area contributed by atoms with Gasteiger partial charge < -0.3 is 9.64 Å². The average Bonchev–Trinajstić information content (AvgIpc) is 3.07. The third kappa shape index (κ3) is 5.03. The lowest BCUT2D eigenvalue weighted by Gasteiger charge is -2.32. The van der Waals surface area contributed by atoms with E-state index < -0.39 is 0 Å². The molecule has 0 unspecified atom stereocenters. The van der Waals surface area contributed by atoms with Crippen molar-refractivity contribution in [2.24, 2.45) is 5.92 Å². The monoisotopic (exact) mass is 318 g/mol. The standard InChI is InChI=1S/C17H23FN4O/c18-16-4-6-17(7-5-16)23-10-2-9-21-8-1-3-15(11-21)12-22-14-19-13-20-22/h4-7,13-15H,1-3,8-12H2/t15-/m1/s1. The van der Waals surface area contributed by atoms with Gasteiger partial charge >= 0.3 is 0 Å². The van der Waals surface area contributed by atoms with Crippen LogP contribution >= 0.6 is 0 Å². The lowest BCUT2D eigenvalue weighted by Crippen LogP contribution is -2.38. The van der Waals surface area contributed by atoms with E-state index in [1.54, 1.807) is 24.8 Å². The van der Waals surface area contributed by atoms with E-state index in [9.17, 15) is 4.39 Å². The van der Waals surface area contributed by atoms with Gasteiger partial charge in [0.15, 0.2) is 0 Å². The van der Waals surface area contributed by atoms with Crippen molar-refractivity contribution in [1.29, 1.82) is 0 Å². The van der Waals surface area contributed by atoms with Crippen LogP contribution in [-0.4, -0.2) is 45.9 Å². The Morgan fingerprint density at radius 3 is 2.91 bits per heavy atom. The second-order valence-corrected chi connectivity index (χ2v) is 6.08. The maximum Gasteiger partial charge on any atom is 0.137 e. The third-order valence-corrected chi connectivity index (χ3v) is 4.22. The Morgan fingerprint density at radius 2 is 2.13 bits per heavy atom. The van der Waals surface area contributed by atoms with Gasteiger partial charge in [0, 0.05) is 19.6 Å². The second-order valence-electron chi connectivity index (χ2n) is 6.08. The molecule has 3 rings (SSSR count). The molecule has 0 saturated carbocycles. The molecule has 124 valence electrons. The van der Waals surface area contributed by atoms with E-state index in [1.807, 2.05) is 4.68 Å². The first kappa shape index (κ1) is 15.9. The molecular formula is C17H23FN4O. The first-order valence-electron chi connectivity index (χ1n) is 8.23. The highest BCUT2D eigenvalue weighted by atomic mass is 19.1. The Morgan fingerprint density at radius 1 is 1.26 bits per heavy atom. The summed E-state index contributed by atoms with van der Waals surface area (Å²) in [7, 11) is 0. The van der Waals surface area contributed by atoms with Gasteiger partial charge in [-0.1, -0.05) is 0 Å². The summed E-state index contributed by atoms with van der Waals surface area (Å²) in [6, 6.07) is 6.19. The molecule has 0 bridgehead atoms. The fourth-order valence-corrected chi connectivity index (χ4v) is 3.10. The van der Waals surface area contributed by atoms with Gasteiger partial charge in [-0.15, -0.1) is 0 Å². The van der Waals surface area contributed by atoms with Crippen molar-refractivity contribution in [2.75, 3.05) is 26.2 Å². The van der Waals surface area contributed by atoms with Gasteiger partial charge in [-0.2, -0.15) is 5.10 Å². The molecule has 1 saturated heterocycles. The van der Waals surface area contributed by atoms with Crippen LogP contribution in [0.4, 0.5) is 4.39 Å². The molecule has 1 aromatic carbocycles. The van der Waals surface area contributed by atoms with Crippen LogP contribution in [0, 0.1) is 11.7 Å². The van der Waals surface area contributed by atoms with Gasteiger partial charge in [0.1, 0.15) is 24.2 Å². The maximum atomic E-state index is 12.8. The molecule has 0 amide bonds. The van der Waals surface area contributed by atoms with Crippen molar-refractivity contribution in [2.45, 2.75) is 25.8 Å². The van der Waals surface area contributed by atoms with Crippen molar-refractivity contribution in [3.05, 3.63) is 42.7 Å². The lowest BCUT2D eigenvalue weighted by atomic mass is 9.98. The molecule has 0 spiro atoms. The van der Waals surface area contributed by atoms with Gasteiger partial charge in [0.2, 0.25) is 0 Å². The Kier molecular flexibility index (Phi) is 5.58. The summed E-state index contributed by atoms with van der Waals surface area (Å²) in [5.41, 5.74) is 0. The number of piperidine rings is 1. The summed E-state index contributed by atoms with van der Waals surface area (Å²) < 4.78 is 20.4. The fourth-order valence-electron chi connectivity index (χ4n) is 3.10. The molecule has 2 heterocycles. The van der Waals surface area contributed by atoms with Gasteiger partial charge in [-0.25, -0.2) is 9.37 Å². The lowest BCUT2D eigenvalue weighted by molar-refractivity contribution is 0.150. The molecule has 0 N–H and O–H groups in total. The normalized spacial score (nSPS) is 18.9. The van der Waals surface area contributed by atoms with Crippen LogP contribution in [0.3, 0.4) is 0 Å². The number of rotatable bonds is 7. The molecule has 1 aliphatic heterocycles. The predicted octanol–water partition coefficient (Wildman–Crippen LogP) is 2.60. The zero-order chi connectivity index (χ0) is 15.9. The molecule has 5 nitrogen and oxygen atoms in total. The van der Waals surface area contributed by atoms with Crippen LogP contribution in [0.25, 0.3) is 0 Å². The number of hydrogen-bond donors (Lipinski definition) is 0. The van der Waals surface area contributed by atoms with Crippen molar-refractivity contribution in [1.82, 2.24) is 19.7 Å². The van der Waals surface area contributed by atoms with E-state index in [-0.39, 0.29) is 5.82 Å². The number of ether oxygens (including phenoxy) is 1. The van der Waals surface area contributed by atoms with Crippen molar-refractivity contribution < 1.29 is 9.13 Å². The summed E-state index contributed by atoms with van der Waals surface area (Å²) in [4.78, 5) is 6.50. The van der Waals surface area contributed by atoms with E-state index >= 15 is 0 Å². The van der Waals surface area contributed by atoms with Gasteiger partial charge in [-0.3, -0.25) is 4.68 Å². The van der Waals surface area contributed by atoms with Crippen molar-refractivity contribution in [3.8, 4) is 5.75 Å². The first-order chi connectivity index (χ1) is 11.3. The molecule has 0 radical (unpaired) electrons. The van der Waals surface area contributed by atoms with E-state index in [4.69, 9.17) is 4.74 Å². The van der Waals surface area contributed by atoms with E-state index in [0.717, 1.165) is 38.3 Å². The van der Waals surface area contributed by atoms with Gasteiger partial charge in [0.05, 0.1) is 6.61 Å². The molecule has 1 aliphatic rings. The quantitative estimate of drug-likeness (QED) is 0.736. The van der Waals surface area contributed by atoms with Crippen LogP contribution in [0.2, 0.25) is 0 Å². The summed E-state index contributed by atoms with van der Waals surface area (Å²) in [5, 5.41) is 4.19. The zero-order valence-corrected chi connectivity index (χ0v) is 13.3. The van der Waals surface area contributed by atoms with E-state index in [0.29, 0.717) is 12.5 Å². The Bertz CT molecular complexity index is 573. The number of aromatic nitrogens is 3. The number of likely N-dealkylation sites (tertiary alicyclic amines) is 1. The largest absolute Gasteiger partial charge is 0.494 e. The molecular weight excluding hydrogens is 295 g/mol. The molecule has 6 heteroatoms. The highest BCUT2D eigenvalue weighted by molar-refractivity contribution is 5.21. The van der Waals surface area contributed by atoms with Crippen LogP contribution in [0.15, 0.2) is 36.9 Å². The minimum absolute atomic E-state index is 0.232. The smallest absolute Gasteiger partial charge is 0.137 e. The highest BCUT2D eigenvalue weighted by Crippen LogP contribution is 2.18. The van der Waals surface area contributed by atoms with Crippen molar-refractivity contribution in [3.63, 3.8) is 0 Å². The SMILES string of the molecule is Fc1ccc(OCCCN2CCC[C@@H](Cn3cncn3)C2)cc1. The van der Waals surface area contributed by atoms with Crippen LogP contribution < -0.4 is 4.74 Å². The second kappa shape index (κ2) is 8.06. The number of nitrogens with zero attached hydrogens (tertiary/aromatic N) is 4. The zero-order valence-electron chi connectivity index (χ0n) is 13.3. The van der Waals surface area contributed by atoms with Crippen LogP contribution in [-0.2, 0) is 6.54 Å². The third-order valence-electron chi connectivity index (χ3n) is 4.22. The topological polar surface area (TPSA) is 43.2 Å². The summed E-state index contributed by atoms with van der Waals surface area (Å²) in [6.07, 6.45) is 6.84. The van der Waals surface area contributed by atoms with E-state index in [2.05, 4.69) is 15.0 Å². The van der Waals surface area contributed by atoms with E-state index in [1.165, 1.54) is 25.0 Å². The molecule has 2 aromatic rings. The number of halogens is 1.